The van der Waals surface area contributed by atoms with Gasteiger partial charge in [0.1, 0.15) is 5.82 Å². The molecule has 3 rings (SSSR count). The minimum atomic E-state index is 0. The van der Waals surface area contributed by atoms with Crippen LogP contribution in [0.2, 0.25) is 0 Å². The standard InChI is InChI=1S/C16H22N4O.2ClH/c1-20-14-6-3-2-5-13(14)19-15(20)7-4-9-18-16(21)12-8-10-17-11-12;;/h2-3,5-6,12,17H,4,7-11H2,1H3,(H,18,21);2*1H. The summed E-state index contributed by atoms with van der Waals surface area (Å²) < 4.78 is 2.14. The molecule has 1 amide bonds. The lowest BCUT2D eigenvalue weighted by Gasteiger charge is -2.09. The van der Waals surface area contributed by atoms with E-state index in [1.807, 2.05) is 25.2 Å². The Morgan fingerprint density at radius 3 is 2.87 bits per heavy atom. The van der Waals surface area contributed by atoms with E-state index >= 15 is 0 Å². The number of aromatic nitrogens is 2. The molecule has 0 saturated carbocycles. The number of hydrogen-bond donors (Lipinski definition) is 2. The summed E-state index contributed by atoms with van der Waals surface area (Å²) in [4.78, 5) is 16.5. The topological polar surface area (TPSA) is 59.0 Å². The van der Waals surface area contributed by atoms with Crippen molar-refractivity contribution in [2.24, 2.45) is 13.0 Å². The van der Waals surface area contributed by atoms with Crippen LogP contribution in [0.1, 0.15) is 18.7 Å². The van der Waals surface area contributed by atoms with E-state index in [1.54, 1.807) is 0 Å². The molecule has 5 nitrogen and oxygen atoms in total. The molecule has 2 aromatic rings. The molecule has 0 spiro atoms. The Balaban J connectivity index is 0.00000132. The summed E-state index contributed by atoms with van der Waals surface area (Å²) in [5, 5.41) is 6.25. The summed E-state index contributed by atoms with van der Waals surface area (Å²) in [5.74, 6) is 1.42. The Hall–Kier alpha value is -1.30. The van der Waals surface area contributed by atoms with Crippen LogP contribution in [0, 0.1) is 5.92 Å². The number of hydrogen-bond acceptors (Lipinski definition) is 3. The fraction of sp³-hybridized carbons (Fsp3) is 0.500. The molecule has 7 heteroatoms. The molecule has 0 radical (unpaired) electrons. The maximum absolute atomic E-state index is 11.9. The quantitative estimate of drug-likeness (QED) is 0.804. The molecule has 23 heavy (non-hydrogen) atoms. The smallest absolute Gasteiger partial charge is 0.224 e. The lowest BCUT2D eigenvalue weighted by atomic mass is 10.1. The number of amides is 1. The minimum Gasteiger partial charge on any atom is -0.356 e. The van der Waals surface area contributed by atoms with Gasteiger partial charge < -0.3 is 15.2 Å². The maximum Gasteiger partial charge on any atom is 0.224 e. The monoisotopic (exact) mass is 358 g/mol. The van der Waals surface area contributed by atoms with Crippen molar-refractivity contribution in [3.63, 3.8) is 0 Å². The van der Waals surface area contributed by atoms with Crippen molar-refractivity contribution in [3.05, 3.63) is 30.1 Å². The lowest BCUT2D eigenvalue weighted by molar-refractivity contribution is -0.124. The van der Waals surface area contributed by atoms with Crippen molar-refractivity contribution in [3.8, 4) is 0 Å². The zero-order valence-corrected chi connectivity index (χ0v) is 14.9. The number of halogens is 2. The predicted octanol–water partition coefficient (Wildman–Crippen LogP) is 2.08. The van der Waals surface area contributed by atoms with Gasteiger partial charge in [0.25, 0.3) is 0 Å². The van der Waals surface area contributed by atoms with Gasteiger partial charge in [0.05, 0.1) is 17.0 Å². The first-order chi connectivity index (χ1) is 10.3. The zero-order chi connectivity index (χ0) is 14.7. The Morgan fingerprint density at radius 1 is 1.39 bits per heavy atom. The van der Waals surface area contributed by atoms with E-state index in [0.717, 1.165) is 55.8 Å². The van der Waals surface area contributed by atoms with E-state index in [0.29, 0.717) is 0 Å². The van der Waals surface area contributed by atoms with Crippen LogP contribution in [0.3, 0.4) is 0 Å². The minimum absolute atomic E-state index is 0. The molecule has 0 aliphatic carbocycles. The van der Waals surface area contributed by atoms with Crippen molar-refractivity contribution < 1.29 is 4.79 Å². The molecular formula is C16H24Cl2N4O. The van der Waals surface area contributed by atoms with Gasteiger partial charge in [-0.2, -0.15) is 0 Å². The number of imidazole rings is 1. The Kier molecular flexibility index (Phi) is 7.82. The van der Waals surface area contributed by atoms with Gasteiger partial charge in [-0.3, -0.25) is 4.79 Å². The molecule has 128 valence electrons. The van der Waals surface area contributed by atoms with Crippen LogP contribution in [0.25, 0.3) is 11.0 Å². The van der Waals surface area contributed by atoms with Gasteiger partial charge >= 0.3 is 0 Å². The molecule has 1 aliphatic rings. The summed E-state index contributed by atoms with van der Waals surface area (Å²) in [6.07, 6.45) is 2.76. The molecule has 1 fully saturated rings. The van der Waals surface area contributed by atoms with Crippen molar-refractivity contribution in [1.29, 1.82) is 0 Å². The fourth-order valence-corrected chi connectivity index (χ4v) is 2.90. The van der Waals surface area contributed by atoms with Gasteiger partial charge in [0.2, 0.25) is 5.91 Å². The number of rotatable bonds is 5. The first-order valence-corrected chi connectivity index (χ1v) is 7.64. The normalized spacial score (nSPS) is 16.7. The Bertz CT molecular complexity index is 638. The number of benzene rings is 1. The van der Waals surface area contributed by atoms with Crippen LogP contribution in [-0.2, 0) is 18.3 Å². The molecule has 1 saturated heterocycles. The molecule has 0 bridgehead atoms. The predicted molar refractivity (Wildman–Crippen MR) is 97.5 cm³/mol. The highest BCUT2D eigenvalue weighted by molar-refractivity contribution is 5.85. The van der Waals surface area contributed by atoms with Gasteiger partial charge in [0, 0.05) is 26.6 Å². The Labute approximate surface area is 149 Å². The second kappa shape index (κ2) is 9.11. The van der Waals surface area contributed by atoms with Gasteiger partial charge in [-0.1, -0.05) is 12.1 Å². The van der Waals surface area contributed by atoms with Crippen molar-refractivity contribution in [2.45, 2.75) is 19.3 Å². The van der Waals surface area contributed by atoms with Crippen LogP contribution >= 0.6 is 24.8 Å². The average molecular weight is 359 g/mol. The summed E-state index contributed by atoms with van der Waals surface area (Å²) in [7, 11) is 2.05. The lowest BCUT2D eigenvalue weighted by Crippen LogP contribution is -2.32. The highest BCUT2D eigenvalue weighted by Gasteiger charge is 2.21. The van der Waals surface area contributed by atoms with E-state index in [2.05, 4.69) is 26.3 Å². The van der Waals surface area contributed by atoms with E-state index in [4.69, 9.17) is 0 Å². The van der Waals surface area contributed by atoms with Crippen LogP contribution in [0.4, 0.5) is 0 Å². The van der Waals surface area contributed by atoms with Crippen LogP contribution < -0.4 is 10.6 Å². The third-order valence-electron chi connectivity index (χ3n) is 4.19. The number of carbonyl (C=O) groups is 1. The summed E-state index contributed by atoms with van der Waals surface area (Å²) in [5.41, 5.74) is 2.20. The van der Waals surface area contributed by atoms with E-state index < -0.39 is 0 Å². The highest BCUT2D eigenvalue weighted by Crippen LogP contribution is 2.15. The second-order valence-electron chi connectivity index (χ2n) is 5.66. The van der Waals surface area contributed by atoms with Crippen molar-refractivity contribution in [2.75, 3.05) is 19.6 Å². The first kappa shape index (κ1) is 19.7. The number of fused-ring (bicyclic) bond motifs is 1. The van der Waals surface area contributed by atoms with E-state index in [1.165, 1.54) is 0 Å². The molecule has 1 atom stereocenters. The number of nitrogens with zero attached hydrogens (tertiary/aromatic N) is 2. The first-order valence-electron chi connectivity index (χ1n) is 7.64. The average Bonchev–Trinajstić information content (AvgIpc) is 3.13. The van der Waals surface area contributed by atoms with E-state index in [-0.39, 0.29) is 36.6 Å². The molecule has 2 N–H and O–H groups in total. The highest BCUT2D eigenvalue weighted by atomic mass is 35.5. The zero-order valence-electron chi connectivity index (χ0n) is 13.2. The summed E-state index contributed by atoms with van der Waals surface area (Å²) in [6.45, 7) is 2.49. The summed E-state index contributed by atoms with van der Waals surface area (Å²) >= 11 is 0. The van der Waals surface area contributed by atoms with Crippen molar-refractivity contribution in [1.82, 2.24) is 20.2 Å². The van der Waals surface area contributed by atoms with Gasteiger partial charge in [-0.15, -0.1) is 24.8 Å². The van der Waals surface area contributed by atoms with Crippen LogP contribution in [0.15, 0.2) is 24.3 Å². The Morgan fingerprint density at radius 2 is 2.17 bits per heavy atom. The van der Waals surface area contributed by atoms with Gasteiger partial charge in [-0.05, 0) is 31.5 Å². The number of aryl methyl sites for hydroxylation is 2. The molecule has 1 unspecified atom stereocenters. The third-order valence-corrected chi connectivity index (χ3v) is 4.19. The largest absolute Gasteiger partial charge is 0.356 e. The number of nitrogens with one attached hydrogen (secondary N) is 2. The summed E-state index contributed by atoms with van der Waals surface area (Å²) in [6, 6.07) is 8.16. The molecule has 1 aromatic heterocycles. The van der Waals surface area contributed by atoms with Gasteiger partial charge in [0.15, 0.2) is 0 Å². The molecule has 1 aliphatic heterocycles. The SMILES string of the molecule is Cl.Cl.Cn1c(CCCNC(=O)C2CCNC2)nc2ccccc21. The van der Waals surface area contributed by atoms with Gasteiger partial charge in [-0.25, -0.2) is 4.98 Å². The maximum atomic E-state index is 11.9. The van der Waals surface area contributed by atoms with Crippen LogP contribution in [-0.4, -0.2) is 35.1 Å². The second-order valence-corrected chi connectivity index (χ2v) is 5.66. The van der Waals surface area contributed by atoms with Crippen LogP contribution in [0.5, 0.6) is 0 Å². The molecule has 2 heterocycles. The molecule has 1 aromatic carbocycles. The fourth-order valence-electron chi connectivity index (χ4n) is 2.90. The molecular weight excluding hydrogens is 335 g/mol. The third kappa shape index (κ3) is 4.59. The number of para-hydroxylation sites is 2. The van der Waals surface area contributed by atoms with E-state index in [9.17, 15) is 4.79 Å². The van der Waals surface area contributed by atoms with Crippen molar-refractivity contribution >= 4 is 41.8 Å². The number of carbonyl (C=O) groups excluding carboxylic acids is 1.